The van der Waals surface area contributed by atoms with E-state index in [1.807, 2.05) is 0 Å². The Morgan fingerprint density at radius 2 is 1.76 bits per heavy atom. The number of carbonyl (C=O) groups is 1. The summed E-state index contributed by atoms with van der Waals surface area (Å²) in [6, 6.07) is 6.20. The second kappa shape index (κ2) is 7.55. The maximum absolute atomic E-state index is 12.8. The first-order valence-corrected chi connectivity index (χ1v) is 7.81. The standard InChI is InChI=1S/C17H24FNO2/c18-15-8-5-14(6-9-15)7-10-16(20)19-13-17(21)11-3-1-2-4-12-17/h5-6,8-9,21H,1-4,7,10-13H2,(H,19,20). The summed E-state index contributed by atoms with van der Waals surface area (Å²) in [7, 11) is 0. The quantitative estimate of drug-likeness (QED) is 0.820. The molecule has 1 saturated carbocycles. The van der Waals surface area contributed by atoms with Gasteiger partial charge in [-0.3, -0.25) is 4.79 Å². The average Bonchev–Trinajstić information content (AvgIpc) is 2.70. The monoisotopic (exact) mass is 293 g/mol. The number of aryl methyl sites for hydroxylation is 1. The van der Waals surface area contributed by atoms with E-state index < -0.39 is 5.60 Å². The first-order chi connectivity index (χ1) is 10.1. The fourth-order valence-electron chi connectivity index (χ4n) is 2.82. The number of aliphatic hydroxyl groups is 1. The van der Waals surface area contributed by atoms with Gasteiger partial charge in [-0.1, -0.05) is 37.8 Å². The van der Waals surface area contributed by atoms with E-state index in [-0.39, 0.29) is 11.7 Å². The molecule has 21 heavy (non-hydrogen) atoms. The van der Waals surface area contributed by atoms with E-state index in [4.69, 9.17) is 0 Å². The van der Waals surface area contributed by atoms with Gasteiger partial charge in [0.25, 0.3) is 0 Å². The summed E-state index contributed by atoms with van der Waals surface area (Å²) < 4.78 is 12.8. The summed E-state index contributed by atoms with van der Waals surface area (Å²) in [6.45, 7) is 0.343. The molecule has 0 aromatic heterocycles. The molecule has 0 bridgehead atoms. The van der Waals surface area contributed by atoms with Gasteiger partial charge in [-0.2, -0.15) is 0 Å². The Morgan fingerprint density at radius 3 is 2.38 bits per heavy atom. The zero-order valence-electron chi connectivity index (χ0n) is 12.4. The molecular formula is C17H24FNO2. The Morgan fingerprint density at radius 1 is 1.14 bits per heavy atom. The second-order valence-electron chi connectivity index (χ2n) is 6.04. The molecular weight excluding hydrogens is 269 g/mol. The van der Waals surface area contributed by atoms with Crippen molar-refractivity contribution in [3.8, 4) is 0 Å². The van der Waals surface area contributed by atoms with Gasteiger partial charge >= 0.3 is 0 Å². The van der Waals surface area contributed by atoms with Crippen molar-refractivity contribution in [2.24, 2.45) is 0 Å². The van der Waals surface area contributed by atoms with Crippen molar-refractivity contribution >= 4 is 5.91 Å². The molecule has 3 nitrogen and oxygen atoms in total. The number of benzene rings is 1. The van der Waals surface area contributed by atoms with Gasteiger partial charge in [-0.15, -0.1) is 0 Å². The summed E-state index contributed by atoms with van der Waals surface area (Å²) in [5.41, 5.74) is 0.210. The molecule has 4 heteroatoms. The van der Waals surface area contributed by atoms with Gasteiger partial charge in [0.1, 0.15) is 5.82 Å². The van der Waals surface area contributed by atoms with Gasteiger partial charge in [0.2, 0.25) is 5.91 Å². The maximum atomic E-state index is 12.8. The largest absolute Gasteiger partial charge is 0.388 e. The zero-order chi connectivity index (χ0) is 15.1. The Labute approximate surface area is 125 Å². The van der Waals surface area contributed by atoms with Crippen LogP contribution >= 0.6 is 0 Å². The fraction of sp³-hybridized carbons (Fsp3) is 0.588. The summed E-state index contributed by atoms with van der Waals surface area (Å²) in [6.07, 6.45) is 6.88. The number of halogens is 1. The number of carbonyl (C=O) groups excluding carboxylic acids is 1. The van der Waals surface area contributed by atoms with Crippen molar-refractivity contribution in [2.45, 2.75) is 57.0 Å². The number of amides is 1. The molecule has 0 spiro atoms. The van der Waals surface area contributed by atoms with Crippen molar-refractivity contribution in [3.63, 3.8) is 0 Å². The minimum absolute atomic E-state index is 0.0583. The number of hydrogen-bond acceptors (Lipinski definition) is 2. The van der Waals surface area contributed by atoms with Crippen LogP contribution in [0.3, 0.4) is 0 Å². The first-order valence-electron chi connectivity index (χ1n) is 7.81. The molecule has 0 radical (unpaired) electrons. The van der Waals surface area contributed by atoms with Crippen LogP contribution in [0.15, 0.2) is 24.3 Å². The smallest absolute Gasteiger partial charge is 0.220 e. The Kier molecular flexibility index (Phi) is 5.74. The highest BCUT2D eigenvalue weighted by molar-refractivity contribution is 5.76. The molecule has 2 rings (SSSR count). The SMILES string of the molecule is O=C(CCc1ccc(F)cc1)NCC1(O)CCCCCC1. The molecule has 0 atom stereocenters. The van der Waals surface area contributed by atoms with E-state index in [9.17, 15) is 14.3 Å². The van der Waals surface area contributed by atoms with Crippen molar-refractivity contribution < 1.29 is 14.3 Å². The Hall–Kier alpha value is -1.42. The third-order valence-corrected chi connectivity index (χ3v) is 4.20. The summed E-state index contributed by atoms with van der Waals surface area (Å²) in [4.78, 5) is 11.9. The summed E-state index contributed by atoms with van der Waals surface area (Å²) in [5, 5.41) is 13.3. The van der Waals surface area contributed by atoms with Gasteiger partial charge in [0, 0.05) is 13.0 Å². The molecule has 1 aliphatic rings. The van der Waals surface area contributed by atoms with Crippen molar-refractivity contribution in [3.05, 3.63) is 35.6 Å². The predicted octanol–water partition coefficient (Wildman–Crippen LogP) is 2.96. The molecule has 1 aliphatic carbocycles. The number of nitrogens with one attached hydrogen (secondary N) is 1. The fourth-order valence-corrected chi connectivity index (χ4v) is 2.82. The van der Waals surface area contributed by atoms with Crippen molar-refractivity contribution in [1.82, 2.24) is 5.32 Å². The maximum Gasteiger partial charge on any atom is 0.220 e. The minimum Gasteiger partial charge on any atom is -0.388 e. The summed E-state index contributed by atoms with van der Waals surface area (Å²) >= 11 is 0. The molecule has 1 aromatic carbocycles. The molecule has 1 aromatic rings. The normalized spacial score (nSPS) is 18.0. The van der Waals surface area contributed by atoms with Crippen LogP contribution in [0.25, 0.3) is 0 Å². The molecule has 0 aliphatic heterocycles. The van der Waals surface area contributed by atoms with Crippen LogP contribution in [-0.4, -0.2) is 23.2 Å². The zero-order valence-corrected chi connectivity index (χ0v) is 12.4. The lowest BCUT2D eigenvalue weighted by Gasteiger charge is -2.26. The molecule has 1 fully saturated rings. The average molecular weight is 293 g/mol. The lowest BCUT2D eigenvalue weighted by Crippen LogP contribution is -2.42. The van der Waals surface area contributed by atoms with Crippen LogP contribution < -0.4 is 5.32 Å². The third-order valence-electron chi connectivity index (χ3n) is 4.20. The molecule has 1 amide bonds. The predicted molar refractivity (Wildman–Crippen MR) is 80.4 cm³/mol. The topological polar surface area (TPSA) is 49.3 Å². The van der Waals surface area contributed by atoms with E-state index in [0.717, 1.165) is 31.2 Å². The van der Waals surface area contributed by atoms with Crippen LogP contribution in [0.1, 0.15) is 50.5 Å². The molecule has 0 saturated heterocycles. The van der Waals surface area contributed by atoms with Crippen LogP contribution in [0.2, 0.25) is 0 Å². The van der Waals surface area contributed by atoms with Crippen LogP contribution in [0.4, 0.5) is 4.39 Å². The molecule has 0 heterocycles. The van der Waals surface area contributed by atoms with Crippen LogP contribution in [0.5, 0.6) is 0 Å². The van der Waals surface area contributed by atoms with Gasteiger partial charge in [0.15, 0.2) is 0 Å². The van der Waals surface area contributed by atoms with Crippen LogP contribution in [-0.2, 0) is 11.2 Å². The van der Waals surface area contributed by atoms with Gasteiger partial charge in [-0.25, -0.2) is 4.39 Å². The lowest BCUT2D eigenvalue weighted by atomic mass is 9.94. The summed E-state index contributed by atoms with van der Waals surface area (Å²) in [5.74, 6) is -0.323. The van der Waals surface area contributed by atoms with E-state index >= 15 is 0 Å². The second-order valence-corrected chi connectivity index (χ2v) is 6.04. The molecule has 2 N–H and O–H groups in total. The highest BCUT2D eigenvalue weighted by Crippen LogP contribution is 2.26. The highest BCUT2D eigenvalue weighted by Gasteiger charge is 2.28. The van der Waals surface area contributed by atoms with Gasteiger partial charge in [-0.05, 0) is 37.0 Å². The third kappa shape index (κ3) is 5.46. The van der Waals surface area contributed by atoms with Gasteiger partial charge in [0.05, 0.1) is 5.60 Å². The Bertz CT molecular complexity index is 450. The van der Waals surface area contributed by atoms with E-state index in [1.165, 1.54) is 25.0 Å². The van der Waals surface area contributed by atoms with Crippen molar-refractivity contribution in [1.29, 1.82) is 0 Å². The lowest BCUT2D eigenvalue weighted by molar-refractivity contribution is -0.122. The minimum atomic E-state index is -0.734. The molecule has 116 valence electrons. The molecule has 0 unspecified atom stereocenters. The number of hydrogen-bond donors (Lipinski definition) is 2. The highest BCUT2D eigenvalue weighted by atomic mass is 19.1. The van der Waals surface area contributed by atoms with E-state index in [0.29, 0.717) is 19.4 Å². The van der Waals surface area contributed by atoms with Gasteiger partial charge < -0.3 is 10.4 Å². The van der Waals surface area contributed by atoms with E-state index in [1.54, 1.807) is 12.1 Å². The van der Waals surface area contributed by atoms with E-state index in [2.05, 4.69) is 5.32 Å². The Balaban J connectivity index is 1.72. The van der Waals surface area contributed by atoms with Crippen LogP contribution in [0, 0.1) is 5.82 Å². The number of rotatable bonds is 5. The van der Waals surface area contributed by atoms with Crippen molar-refractivity contribution in [2.75, 3.05) is 6.54 Å². The first kappa shape index (κ1) is 16.0.